The Kier molecular flexibility index (Phi) is 6.15. The molecule has 4 amide bonds. The number of imide groups is 2. The van der Waals surface area contributed by atoms with E-state index in [2.05, 4.69) is 47.1 Å². The fraction of sp³-hybridized carbons (Fsp3) is 0.364. The summed E-state index contributed by atoms with van der Waals surface area (Å²) in [6.07, 6.45) is 11.1. The largest absolute Gasteiger partial charge is 0.286 e. The Labute approximate surface area is 183 Å². The van der Waals surface area contributed by atoms with E-state index in [0.717, 1.165) is 36.4 Å². The molecule has 4 rings (SSSR count). The zero-order valence-corrected chi connectivity index (χ0v) is 17.8. The lowest BCUT2D eigenvalue weighted by molar-refractivity contribution is -0.119. The minimum absolute atomic E-state index is 0.261. The van der Waals surface area contributed by atoms with Crippen LogP contribution in [0.25, 0.3) is 0 Å². The van der Waals surface area contributed by atoms with Gasteiger partial charge in [0.25, 0.3) is 10.5 Å². The van der Waals surface area contributed by atoms with Crippen LogP contribution in [0.5, 0.6) is 0 Å². The maximum atomic E-state index is 12.1. The summed E-state index contributed by atoms with van der Waals surface area (Å²) in [5, 5.41) is 2.97. The summed E-state index contributed by atoms with van der Waals surface area (Å²) in [6, 6.07) is 10.3. The highest BCUT2D eigenvalue weighted by Crippen LogP contribution is 2.44. The van der Waals surface area contributed by atoms with Crippen LogP contribution in [-0.2, 0) is 16.0 Å². The lowest BCUT2D eigenvalue weighted by Crippen LogP contribution is -2.34. The number of rotatable bonds is 7. The molecule has 30 heavy (non-hydrogen) atoms. The number of benzene rings is 1. The van der Waals surface area contributed by atoms with Crippen LogP contribution in [0.3, 0.4) is 0 Å². The summed E-state index contributed by atoms with van der Waals surface area (Å²) >= 11 is 1.98. The van der Waals surface area contributed by atoms with Crippen molar-refractivity contribution in [3.63, 3.8) is 0 Å². The normalized spacial score (nSPS) is 30.6. The van der Waals surface area contributed by atoms with Crippen LogP contribution in [0.15, 0.2) is 54.6 Å². The molecule has 3 aliphatic rings. The topological polar surface area (TPSA) is 92.3 Å². The molecule has 0 aromatic heterocycles. The van der Waals surface area contributed by atoms with E-state index < -0.39 is 15.9 Å². The molecule has 2 atom stereocenters. The van der Waals surface area contributed by atoms with Gasteiger partial charge in [0, 0.05) is 5.41 Å². The van der Waals surface area contributed by atoms with Crippen LogP contribution < -0.4 is 10.6 Å². The molecule has 0 radical (unpaired) electrons. The molecule has 2 aliphatic heterocycles. The summed E-state index contributed by atoms with van der Waals surface area (Å²) in [5.74, 6) is -0.328. The summed E-state index contributed by atoms with van der Waals surface area (Å²) in [5.41, 5.74) is 0.730. The molecule has 8 heteroatoms. The van der Waals surface area contributed by atoms with Crippen molar-refractivity contribution in [1.29, 1.82) is 0 Å². The Morgan fingerprint density at radius 1 is 0.800 bits per heavy atom. The van der Waals surface area contributed by atoms with E-state index in [1.807, 2.05) is 18.2 Å². The minimum atomic E-state index is -0.553. The van der Waals surface area contributed by atoms with E-state index in [1.165, 1.54) is 5.56 Å². The molecule has 2 saturated heterocycles. The SMILES string of the molecule is O=C1NC(=O)C(CC2(CC3SC(=O)NC3=O)C=CC(CCc3ccccc3)C=C2)S1. The van der Waals surface area contributed by atoms with Gasteiger partial charge in [0.2, 0.25) is 11.8 Å². The summed E-state index contributed by atoms with van der Waals surface area (Å²) in [7, 11) is 0. The van der Waals surface area contributed by atoms with E-state index in [1.54, 1.807) is 0 Å². The van der Waals surface area contributed by atoms with Crippen LogP contribution >= 0.6 is 23.5 Å². The van der Waals surface area contributed by atoms with Crippen LogP contribution in [0, 0.1) is 11.3 Å². The number of hydrogen-bond acceptors (Lipinski definition) is 6. The van der Waals surface area contributed by atoms with Crippen molar-refractivity contribution in [2.75, 3.05) is 0 Å². The number of hydrogen-bond donors (Lipinski definition) is 2. The number of nitrogens with one attached hydrogen (secondary N) is 2. The van der Waals surface area contributed by atoms with Gasteiger partial charge in [-0.05, 0) is 37.2 Å². The first-order chi connectivity index (χ1) is 14.4. The average molecular weight is 443 g/mol. The van der Waals surface area contributed by atoms with Crippen LogP contribution in [-0.4, -0.2) is 32.8 Å². The number of aryl methyl sites for hydroxylation is 1. The highest BCUT2D eigenvalue weighted by atomic mass is 32.2. The standard InChI is InChI=1S/C22H22N2O4S2/c25-18-16(29-20(27)23-18)12-22(13-17-19(26)24-21(28)30-17)10-8-15(9-11-22)7-6-14-4-2-1-3-5-14/h1-5,8-11,15-17H,6-7,12-13H2,(H,23,25,27)(H,24,26,28). The third-order valence-electron chi connectivity index (χ3n) is 5.62. The molecule has 1 aromatic carbocycles. The molecular formula is C22H22N2O4S2. The van der Waals surface area contributed by atoms with Crippen molar-refractivity contribution in [1.82, 2.24) is 10.6 Å². The average Bonchev–Trinajstić information content (AvgIpc) is 3.21. The molecule has 0 bridgehead atoms. The molecule has 2 fully saturated rings. The highest BCUT2D eigenvalue weighted by Gasteiger charge is 2.43. The van der Waals surface area contributed by atoms with Gasteiger partial charge in [-0.1, -0.05) is 78.2 Å². The first-order valence-corrected chi connectivity index (χ1v) is 11.6. The highest BCUT2D eigenvalue weighted by molar-refractivity contribution is 8.15. The first kappa shape index (κ1) is 20.9. The van der Waals surface area contributed by atoms with Gasteiger partial charge in [0.05, 0.1) is 10.5 Å². The maximum absolute atomic E-state index is 12.1. The van der Waals surface area contributed by atoms with Gasteiger partial charge in [0.1, 0.15) is 0 Å². The zero-order valence-electron chi connectivity index (χ0n) is 16.2. The lowest BCUT2D eigenvalue weighted by atomic mass is 9.73. The van der Waals surface area contributed by atoms with Gasteiger partial charge < -0.3 is 0 Å². The van der Waals surface area contributed by atoms with E-state index in [4.69, 9.17) is 0 Å². The zero-order chi connectivity index (χ0) is 21.1. The molecule has 0 saturated carbocycles. The molecule has 6 nitrogen and oxygen atoms in total. The summed E-state index contributed by atoms with van der Waals surface area (Å²) in [4.78, 5) is 47.5. The van der Waals surface area contributed by atoms with Crippen molar-refractivity contribution in [2.24, 2.45) is 11.3 Å². The predicted molar refractivity (Wildman–Crippen MR) is 118 cm³/mol. The second kappa shape index (κ2) is 8.81. The van der Waals surface area contributed by atoms with Crippen molar-refractivity contribution in [3.8, 4) is 0 Å². The number of carbonyl (C=O) groups is 4. The number of allylic oxidation sites excluding steroid dienone is 4. The molecule has 0 spiro atoms. The van der Waals surface area contributed by atoms with Gasteiger partial charge in [-0.25, -0.2) is 0 Å². The molecule has 2 unspecified atom stereocenters. The molecule has 1 aliphatic carbocycles. The quantitative estimate of drug-likeness (QED) is 0.624. The molecule has 2 N–H and O–H groups in total. The van der Waals surface area contributed by atoms with E-state index >= 15 is 0 Å². The van der Waals surface area contributed by atoms with Gasteiger partial charge >= 0.3 is 0 Å². The second-order valence-electron chi connectivity index (χ2n) is 7.81. The minimum Gasteiger partial charge on any atom is -0.286 e. The monoisotopic (exact) mass is 442 g/mol. The molecule has 2 heterocycles. The molecule has 156 valence electrons. The van der Waals surface area contributed by atoms with Crippen molar-refractivity contribution in [2.45, 2.75) is 36.2 Å². The Morgan fingerprint density at radius 2 is 1.33 bits per heavy atom. The fourth-order valence-electron chi connectivity index (χ4n) is 4.02. The van der Waals surface area contributed by atoms with Gasteiger partial charge in [0.15, 0.2) is 0 Å². The molecular weight excluding hydrogens is 420 g/mol. The van der Waals surface area contributed by atoms with Crippen LogP contribution in [0.1, 0.15) is 24.8 Å². The van der Waals surface area contributed by atoms with Crippen LogP contribution in [0.4, 0.5) is 9.59 Å². The van der Waals surface area contributed by atoms with Gasteiger partial charge in [-0.15, -0.1) is 0 Å². The Hall–Kier alpha value is -2.32. The third kappa shape index (κ3) is 4.87. The summed E-state index contributed by atoms with van der Waals surface area (Å²) < 4.78 is 0. The Bertz CT molecular complexity index is 874. The fourth-order valence-corrected chi connectivity index (χ4v) is 5.98. The number of thioether (sulfide) groups is 2. The van der Waals surface area contributed by atoms with Crippen molar-refractivity contribution < 1.29 is 19.2 Å². The summed E-state index contributed by atoms with van der Waals surface area (Å²) in [6.45, 7) is 0. The number of amides is 4. The predicted octanol–water partition coefficient (Wildman–Crippen LogP) is 3.83. The van der Waals surface area contributed by atoms with Crippen molar-refractivity contribution >= 4 is 45.8 Å². The lowest BCUT2D eigenvalue weighted by Gasteiger charge is -2.33. The third-order valence-corrected chi connectivity index (χ3v) is 7.59. The van der Waals surface area contributed by atoms with Crippen LogP contribution in [0.2, 0.25) is 0 Å². The van der Waals surface area contributed by atoms with E-state index in [0.29, 0.717) is 12.8 Å². The molecule has 1 aromatic rings. The van der Waals surface area contributed by atoms with Crippen molar-refractivity contribution in [3.05, 3.63) is 60.2 Å². The van der Waals surface area contributed by atoms with E-state index in [9.17, 15) is 19.2 Å². The van der Waals surface area contributed by atoms with E-state index in [-0.39, 0.29) is 28.2 Å². The van der Waals surface area contributed by atoms with Gasteiger partial charge in [-0.3, -0.25) is 29.8 Å². The first-order valence-electron chi connectivity index (χ1n) is 9.88. The second-order valence-corrected chi connectivity index (χ2v) is 10.2. The maximum Gasteiger partial charge on any atom is 0.286 e. The Balaban J connectivity index is 1.47. The van der Waals surface area contributed by atoms with Gasteiger partial charge in [-0.2, -0.15) is 0 Å². The Morgan fingerprint density at radius 3 is 1.80 bits per heavy atom. The number of carbonyl (C=O) groups excluding carboxylic acids is 4. The smallest absolute Gasteiger partial charge is 0.286 e.